The average Bonchev–Trinajstić information content (AvgIpc) is 2.98. The minimum absolute atomic E-state index is 0.152. The molecule has 1 heterocycles. The molecule has 0 aliphatic carbocycles. The van der Waals surface area contributed by atoms with Gasteiger partial charge in [-0.05, 0) is 23.8 Å². The van der Waals surface area contributed by atoms with E-state index in [2.05, 4.69) is 10.6 Å². The summed E-state index contributed by atoms with van der Waals surface area (Å²) in [6.07, 6.45) is 3.28. The second kappa shape index (κ2) is 7.66. The van der Waals surface area contributed by atoms with Crippen LogP contribution in [0.3, 0.4) is 0 Å². The van der Waals surface area contributed by atoms with Gasteiger partial charge in [-0.1, -0.05) is 23.7 Å². The summed E-state index contributed by atoms with van der Waals surface area (Å²) in [5.41, 5.74) is 1.72. The van der Waals surface area contributed by atoms with Crippen molar-refractivity contribution in [3.63, 3.8) is 0 Å². The quantitative estimate of drug-likeness (QED) is 0.859. The van der Waals surface area contributed by atoms with Gasteiger partial charge in [-0.15, -0.1) is 0 Å². The summed E-state index contributed by atoms with van der Waals surface area (Å²) in [4.78, 5) is 23.4. The molecule has 2 rings (SSSR count). The maximum absolute atomic E-state index is 12.1. The predicted octanol–water partition coefficient (Wildman–Crippen LogP) is 2.82. The van der Waals surface area contributed by atoms with Gasteiger partial charge in [0.15, 0.2) is 0 Å². The van der Waals surface area contributed by atoms with Crippen molar-refractivity contribution in [2.24, 2.45) is 0 Å². The molecule has 1 unspecified atom stereocenters. The maximum Gasteiger partial charge on any atom is 0.222 e. The number of benzene rings is 1. The van der Waals surface area contributed by atoms with E-state index < -0.39 is 0 Å². The lowest BCUT2D eigenvalue weighted by atomic mass is 10.0. The molecule has 0 aliphatic heterocycles. The minimum Gasteiger partial charge on any atom is -0.472 e. The van der Waals surface area contributed by atoms with E-state index in [9.17, 15) is 9.59 Å². The smallest absolute Gasteiger partial charge is 0.222 e. The second-order valence-corrected chi connectivity index (χ2v) is 5.35. The van der Waals surface area contributed by atoms with Crippen molar-refractivity contribution in [3.05, 3.63) is 59.0 Å². The van der Waals surface area contributed by atoms with E-state index in [4.69, 9.17) is 16.0 Å². The Kier molecular flexibility index (Phi) is 5.61. The lowest BCUT2D eigenvalue weighted by Gasteiger charge is -2.18. The van der Waals surface area contributed by atoms with Crippen molar-refractivity contribution in [2.45, 2.75) is 25.9 Å². The molecule has 22 heavy (non-hydrogen) atoms. The normalized spacial score (nSPS) is 11.7. The number of amides is 2. The number of rotatable bonds is 6. The van der Waals surface area contributed by atoms with Crippen molar-refractivity contribution < 1.29 is 14.0 Å². The van der Waals surface area contributed by atoms with Crippen LogP contribution in [0.2, 0.25) is 5.02 Å². The summed E-state index contributed by atoms with van der Waals surface area (Å²) < 4.78 is 4.94. The fourth-order valence-electron chi connectivity index (χ4n) is 2.04. The van der Waals surface area contributed by atoms with E-state index >= 15 is 0 Å². The van der Waals surface area contributed by atoms with Crippen LogP contribution in [0.25, 0.3) is 0 Å². The molecule has 116 valence electrons. The number of carbonyl (C=O) groups excluding carboxylic acids is 2. The van der Waals surface area contributed by atoms with Crippen molar-refractivity contribution in [2.75, 3.05) is 0 Å². The van der Waals surface area contributed by atoms with Crippen LogP contribution in [0.4, 0.5) is 0 Å². The van der Waals surface area contributed by atoms with Crippen molar-refractivity contribution >= 4 is 23.4 Å². The molecule has 1 atom stereocenters. The van der Waals surface area contributed by atoms with Gasteiger partial charge in [-0.3, -0.25) is 9.59 Å². The summed E-state index contributed by atoms with van der Waals surface area (Å²) in [6, 6.07) is 8.45. The minimum atomic E-state index is -0.390. The number of nitrogens with one attached hydrogen (secondary N) is 2. The molecule has 6 heteroatoms. The van der Waals surface area contributed by atoms with E-state index in [1.54, 1.807) is 42.9 Å². The number of halogens is 1. The zero-order chi connectivity index (χ0) is 15.9. The Morgan fingerprint density at radius 2 is 1.95 bits per heavy atom. The predicted molar refractivity (Wildman–Crippen MR) is 83.2 cm³/mol. The molecular weight excluding hydrogens is 304 g/mol. The van der Waals surface area contributed by atoms with E-state index in [1.807, 2.05) is 0 Å². The maximum atomic E-state index is 12.1. The zero-order valence-corrected chi connectivity index (χ0v) is 12.9. The van der Waals surface area contributed by atoms with Crippen molar-refractivity contribution in [3.8, 4) is 0 Å². The molecule has 0 aliphatic rings. The van der Waals surface area contributed by atoms with Gasteiger partial charge in [0.25, 0.3) is 0 Å². The van der Waals surface area contributed by atoms with Crippen LogP contribution in [-0.4, -0.2) is 11.8 Å². The molecule has 0 saturated carbocycles. The first-order valence-electron chi connectivity index (χ1n) is 6.85. The third-order valence-electron chi connectivity index (χ3n) is 3.11. The van der Waals surface area contributed by atoms with Gasteiger partial charge in [0.1, 0.15) is 0 Å². The van der Waals surface area contributed by atoms with E-state index in [1.165, 1.54) is 6.92 Å². The molecule has 2 amide bonds. The average molecular weight is 321 g/mol. The number of hydrogen-bond acceptors (Lipinski definition) is 3. The van der Waals surface area contributed by atoms with Gasteiger partial charge >= 0.3 is 0 Å². The molecule has 1 aromatic heterocycles. The molecule has 0 bridgehead atoms. The zero-order valence-electron chi connectivity index (χ0n) is 12.1. The fourth-order valence-corrected chi connectivity index (χ4v) is 2.17. The second-order valence-electron chi connectivity index (χ2n) is 4.92. The van der Waals surface area contributed by atoms with Crippen LogP contribution in [0.1, 0.15) is 30.5 Å². The molecular formula is C16H17ClN2O3. The highest BCUT2D eigenvalue weighted by molar-refractivity contribution is 6.30. The Labute approximate surface area is 133 Å². The highest BCUT2D eigenvalue weighted by Crippen LogP contribution is 2.19. The molecule has 0 radical (unpaired) electrons. The molecule has 0 saturated heterocycles. The Balaban J connectivity index is 1.98. The lowest BCUT2D eigenvalue weighted by Crippen LogP contribution is -2.32. The Hall–Kier alpha value is -2.27. The third kappa shape index (κ3) is 4.93. The topological polar surface area (TPSA) is 71.3 Å². The lowest BCUT2D eigenvalue weighted by molar-refractivity contribution is -0.122. The largest absolute Gasteiger partial charge is 0.472 e. The van der Waals surface area contributed by atoms with Gasteiger partial charge in [-0.25, -0.2) is 0 Å². The molecule has 5 nitrogen and oxygen atoms in total. The van der Waals surface area contributed by atoms with Crippen molar-refractivity contribution in [1.29, 1.82) is 0 Å². The Morgan fingerprint density at radius 3 is 2.55 bits per heavy atom. The summed E-state index contributed by atoms with van der Waals surface area (Å²) >= 11 is 5.86. The first-order chi connectivity index (χ1) is 10.5. The standard InChI is InChI=1S/C16H17ClN2O3/c1-11(20)19-15(13-2-4-14(17)5-3-13)8-16(21)18-9-12-6-7-22-10-12/h2-7,10,15H,8-9H2,1H3,(H,18,21)(H,19,20). The first kappa shape index (κ1) is 16.1. The molecule has 0 spiro atoms. The van der Waals surface area contributed by atoms with E-state index in [0.29, 0.717) is 11.6 Å². The van der Waals surface area contributed by atoms with Gasteiger partial charge in [-0.2, -0.15) is 0 Å². The highest BCUT2D eigenvalue weighted by atomic mass is 35.5. The van der Waals surface area contributed by atoms with Crippen LogP contribution in [0.15, 0.2) is 47.3 Å². The highest BCUT2D eigenvalue weighted by Gasteiger charge is 2.17. The van der Waals surface area contributed by atoms with Gasteiger partial charge in [0.2, 0.25) is 11.8 Å². The third-order valence-corrected chi connectivity index (χ3v) is 3.36. The summed E-state index contributed by atoms with van der Waals surface area (Å²) in [7, 11) is 0. The molecule has 2 aromatic rings. The summed E-state index contributed by atoms with van der Waals surface area (Å²) in [5.74, 6) is -0.350. The fraction of sp³-hybridized carbons (Fsp3) is 0.250. The number of carbonyl (C=O) groups is 2. The molecule has 0 fully saturated rings. The Morgan fingerprint density at radius 1 is 1.23 bits per heavy atom. The number of hydrogen-bond donors (Lipinski definition) is 2. The van der Waals surface area contributed by atoms with Crippen LogP contribution < -0.4 is 10.6 Å². The van der Waals surface area contributed by atoms with Crippen molar-refractivity contribution in [1.82, 2.24) is 10.6 Å². The van der Waals surface area contributed by atoms with E-state index in [-0.39, 0.29) is 24.3 Å². The SMILES string of the molecule is CC(=O)NC(CC(=O)NCc1ccoc1)c1ccc(Cl)cc1. The monoisotopic (exact) mass is 320 g/mol. The van der Waals surface area contributed by atoms with Crippen LogP contribution in [-0.2, 0) is 16.1 Å². The van der Waals surface area contributed by atoms with Crippen LogP contribution >= 0.6 is 11.6 Å². The van der Waals surface area contributed by atoms with Gasteiger partial charge in [0, 0.05) is 24.1 Å². The first-order valence-corrected chi connectivity index (χ1v) is 7.22. The molecule has 2 N–H and O–H groups in total. The summed E-state index contributed by atoms with van der Waals surface area (Å²) in [5, 5.41) is 6.18. The van der Waals surface area contributed by atoms with Gasteiger partial charge < -0.3 is 15.1 Å². The van der Waals surface area contributed by atoms with Gasteiger partial charge in [0.05, 0.1) is 25.0 Å². The van der Waals surface area contributed by atoms with Crippen LogP contribution in [0.5, 0.6) is 0 Å². The van der Waals surface area contributed by atoms with Crippen LogP contribution in [0, 0.1) is 0 Å². The Bertz CT molecular complexity index is 623. The summed E-state index contributed by atoms with van der Waals surface area (Å²) in [6.45, 7) is 1.81. The van der Waals surface area contributed by atoms with E-state index in [0.717, 1.165) is 11.1 Å². The molecule has 1 aromatic carbocycles. The number of furan rings is 1.